The van der Waals surface area contributed by atoms with Crippen molar-refractivity contribution in [3.8, 4) is 11.5 Å². The molecule has 1 fully saturated rings. The van der Waals surface area contributed by atoms with E-state index in [1.54, 1.807) is 46.0 Å². The lowest BCUT2D eigenvalue weighted by Gasteiger charge is -2.42. The molecule has 0 N–H and O–H groups in total. The molecule has 1 unspecified atom stereocenters. The van der Waals surface area contributed by atoms with Gasteiger partial charge in [0.05, 0.1) is 26.3 Å². The Hall–Kier alpha value is -3.96. The highest BCUT2D eigenvalue weighted by Crippen LogP contribution is 2.38. The van der Waals surface area contributed by atoms with Crippen LogP contribution in [0, 0.1) is 6.92 Å². The minimum atomic E-state index is -6.19. The Morgan fingerprint density at radius 2 is 1.66 bits per heavy atom. The van der Waals surface area contributed by atoms with E-state index in [0.29, 0.717) is 27.8 Å². The molecule has 11 nitrogen and oxygen atoms in total. The molecule has 1 aliphatic heterocycles. The number of ether oxygens (including phenoxy) is 3. The van der Waals surface area contributed by atoms with Gasteiger partial charge in [-0.05, 0) is 63.1 Å². The maximum Gasteiger partial charge on any atom is 0.534 e. The van der Waals surface area contributed by atoms with E-state index in [0.717, 1.165) is 19.2 Å². The molecule has 0 bridgehead atoms. The molecule has 0 amide bonds. The van der Waals surface area contributed by atoms with Gasteiger partial charge in [0, 0.05) is 49.4 Å². The van der Waals surface area contributed by atoms with Crippen molar-refractivity contribution >= 4 is 33.1 Å². The molecular formula is C33H42F5N3O8S. The molecule has 3 aromatic rings. The highest BCUT2D eigenvalue weighted by Gasteiger charge is 2.49. The molecule has 0 spiro atoms. The smallest absolute Gasteiger partial charge is 0.496 e. The van der Waals surface area contributed by atoms with Gasteiger partial charge in [0.15, 0.2) is 5.75 Å². The highest BCUT2D eigenvalue weighted by atomic mass is 32.2. The van der Waals surface area contributed by atoms with Crippen molar-refractivity contribution in [2.45, 2.75) is 71.7 Å². The Labute approximate surface area is 287 Å². The predicted octanol–water partition coefficient (Wildman–Crippen LogP) is 6.91. The Morgan fingerprint density at radius 1 is 1.00 bits per heavy atom. The van der Waals surface area contributed by atoms with Crippen molar-refractivity contribution < 1.29 is 58.4 Å². The molecule has 278 valence electrons. The Bertz CT molecular complexity index is 1790. The second kappa shape index (κ2) is 15.9. The summed E-state index contributed by atoms with van der Waals surface area (Å²) in [5.41, 5.74) is -5.11. The van der Waals surface area contributed by atoms with Gasteiger partial charge in [0.2, 0.25) is 0 Å². The van der Waals surface area contributed by atoms with E-state index >= 15 is 0 Å². The van der Waals surface area contributed by atoms with Crippen molar-refractivity contribution in [2.75, 3.05) is 40.4 Å². The van der Waals surface area contributed by atoms with Crippen LogP contribution >= 0.6 is 0 Å². The zero-order valence-electron chi connectivity index (χ0n) is 29.1. The number of nitrogens with zero attached hydrogens (tertiary/aromatic N) is 3. The van der Waals surface area contributed by atoms with E-state index in [1.165, 1.54) is 22.6 Å². The number of methoxy groups -OCH3 is 2. The number of piperazine rings is 1. The number of halogens is 5. The van der Waals surface area contributed by atoms with Crippen LogP contribution in [-0.4, -0.2) is 92.8 Å². The van der Waals surface area contributed by atoms with Crippen LogP contribution in [0.1, 0.15) is 67.7 Å². The van der Waals surface area contributed by atoms with Gasteiger partial charge in [0.1, 0.15) is 16.9 Å². The molecule has 1 saturated heterocycles. The number of aryl methyl sites for hydroxylation is 1. The van der Waals surface area contributed by atoms with Gasteiger partial charge in [-0.1, -0.05) is 19.9 Å². The summed E-state index contributed by atoms with van der Waals surface area (Å²) in [6.07, 6.45) is -1.73. The van der Waals surface area contributed by atoms with Crippen LogP contribution < -0.4 is 8.92 Å². The average Bonchev–Trinajstić information content (AvgIpc) is 3.48. The van der Waals surface area contributed by atoms with E-state index in [9.17, 15) is 40.0 Å². The summed E-state index contributed by atoms with van der Waals surface area (Å²) in [7, 11) is -3.78. The molecule has 0 aliphatic carbocycles. The zero-order valence-corrected chi connectivity index (χ0v) is 29.9. The van der Waals surface area contributed by atoms with E-state index in [4.69, 9.17) is 9.47 Å². The Morgan fingerprint density at radius 3 is 2.22 bits per heavy atom. The summed E-state index contributed by atoms with van der Waals surface area (Å²) in [4.78, 5) is 28.7. The first-order chi connectivity index (χ1) is 23.3. The summed E-state index contributed by atoms with van der Waals surface area (Å²) in [5, 5.41) is 0.632. The first kappa shape index (κ1) is 40.5. The van der Waals surface area contributed by atoms with E-state index < -0.39 is 63.6 Å². The molecule has 1 aliphatic rings. The van der Waals surface area contributed by atoms with Gasteiger partial charge in [0.25, 0.3) is 6.43 Å². The summed E-state index contributed by atoms with van der Waals surface area (Å²) in [6, 6.07) is 6.02. The molecule has 0 radical (unpaired) electrons. The SMILES string of the molecule is CC.COC(=O)c1ccc(C2CN(CC(F)F)CCN2Cc2c(OC)cc(C)c3c2ccn3C(=O)OC(C)(C)C)cc1OS(=O)(=O)C(F)(F)F. The summed E-state index contributed by atoms with van der Waals surface area (Å²) in [5.74, 6) is -1.64. The lowest BCUT2D eigenvalue weighted by atomic mass is 9.97. The van der Waals surface area contributed by atoms with Crippen molar-refractivity contribution in [3.63, 3.8) is 0 Å². The number of rotatable bonds is 9. The molecule has 2 aromatic carbocycles. The van der Waals surface area contributed by atoms with Crippen LogP contribution in [0.5, 0.6) is 11.5 Å². The number of esters is 1. The van der Waals surface area contributed by atoms with Crippen molar-refractivity contribution in [3.05, 3.63) is 58.8 Å². The molecule has 1 atom stereocenters. The normalized spacial score (nSPS) is 16.2. The van der Waals surface area contributed by atoms with E-state index in [2.05, 4.69) is 8.92 Å². The monoisotopic (exact) mass is 735 g/mol. The standard InChI is InChI=1S/C31H36F5N3O8S.C2H6/c1-18-13-24(44-5)22(20-9-10-39(27(18)20)29(41)46-30(2,3)4)15-38-12-11-37(17-26(32)33)16-23(38)19-7-8-21(28(40)45-6)25(14-19)47-48(42,43)31(34,35)36;1-2/h7-10,13-14,23,26H,11-12,15-17H2,1-6H3;1-2H3. The average molecular weight is 736 g/mol. The second-order valence-electron chi connectivity index (χ2n) is 12.2. The Kier molecular flexibility index (Phi) is 12.9. The quantitative estimate of drug-likeness (QED) is 0.0994. The third-order valence-corrected chi connectivity index (χ3v) is 8.62. The summed E-state index contributed by atoms with van der Waals surface area (Å²) < 4.78 is 112. The molecule has 0 saturated carbocycles. The fraction of sp³-hybridized carbons (Fsp3) is 0.515. The lowest BCUT2D eigenvalue weighted by Crippen LogP contribution is -2.49. The minimum absolute atomic E-state index is 0.0381. The number of aromatic nitrogens is 1. The fourth-order valence-electron chi connectivity index (χ4n) is 5.58. The van der Waals surface area contributed by atoms with E-state index in [-0.39, 0.29) is 31.7 Å². The van der Waals surface area contributed by atoms with Crippen molar-refractivity contribution in [1.29, 1.82) is 0 Å². The first-order valence-electron chi connectivity index (χ1n) is 15.6. The largest absolute Gasteiger partial charge is 0.534 e. The highest BCUT2D eigenvalue weighted by molar-refractivity contribution is 7.88. The fourth-order valence-corrected chi connectivity index (χ4v) is 6.05. The maximum atomic E-state index is 13.5. The Balaban J connectivity index is 0.00000332. The number of hydrogen-bond acceptors (Lipinski definition) is 10. The van der Waals surface area contributed by atoms with Gasteiger partial charge in [-0.15, -0.1) is 0 Å². The number of carbonyl (C=O) groups excluding carboxylic acids is 2. The number of alkyl halides is 5. The molecule has 50 heavy (non-hydrogen) atoms. The van der Waals surface area contributed by atoms with Crippen molar-refractivity contribution in [1.82, 2.24) is 14.4 Å². The molecule has 17 heteroatoms. The summed E-state index contributed by atoms with van der Waals surface area (Å²) >= 11 is 0. The number of hydrogen-bond donors (Lipinski definition) is 0. The van der Waals surface area contributed by atoms with Crippen molar-refractivity contribution in [2.24, 2.45) is 0 Å². The van der Waals surface area contributed by atoms with Crippen LogP contribution in [0.3, 0.4) is 0 Å². The lowest BCUT2D eigenvalue weighted by molar-refractivity contribution is -0.0500. The maximum absolute atomic E-state index is 13.5. The topological polar surface area (TPSA) is 117 Å². The number of benzene rings is 2. The van der Waals surface area contributed by atoms with Crippen LogP contribution in [-0.2, 0) is 26.1 Å². The molecule has 1 aromatic heterocycles. The molecular weight excluding hydrogens is 693 g/mol. The third-order valence-electron chi connectivity index (χ3n) is 7.65. The number of carbonyl (C=O) groups is 2. The predicted molar refractivity (Wildman–Crippen MR) is 175 cm³/mol. The zero-order chi connectivity index (χ0) is 37.8. The summed E-state index contributed by atoms with van der Waals surface area (Å²) in [6.45, 7) is 10.9. The van der Waals surface area contributed by atoms with Gasteiger partial charge in [-0.2, -0.15) is 21.6 Å². The van der Waals surface area contributed by atoms with Crippen LogP contribution in [0.4, 0.5) is 26.7 Å². The minimum Gasteiger partial charge on any atom is -0.496 e. The van der Waals surface area contributed by atoms with Gasteiger partial charge in [-0.3, -0.25) is 14.4 Å². The molecule has 4 rings (SSSR count). The third kappa shape index (κ3) is 9.23. The van der Waals surface area contributed by atoms with E-state index in [1.807, 2.05) is 18.7 Å². The second-order valence-corrected chi connectivity index (χ2v) is 13.7. The first-order valence-corrected chi connectivity index (χ1v) is 17.1. The van der Waals surface area contributed by atoms with Gasteiger partial charge in [-0.25, -0.2) is 18.4 Å². The van der Waals surface area contributed by atoms with Crippen LogP contribution in [0.15, 0.2) is 36.5 Å². The number of fused-ring (bicyclic) bond motifs is 1. The van der Waals surface area contributed by atoms with Gasteiger partial charge < -0.3 is 18.4 Å². The van der Waals surface area contributed by atoms with Crippen LogP contribution in [0.2, 0.25) is 0 Å². The van der Waals surface area contributed by atoms with Gasteiger partial charge >= 0.3 is 27.7 Å². The molecule has 2 heterocycles. The van der Waals surface area contributed by atoms with Crippen LogP contribution in [0.25, 0.3) is 10.9 Å².